The fourth-order valence-corrected chi connectivity index (χ4v) is 1.84. The Bertz CT molecular complexity index is 462. The van der Waals surface area contributed by atoms with Crippen LogP contribution < -0.4 is 10.1 Å². The molecule has 1 aromatic rings. The summed E-state index contributed by atoms with van der Waals surface area (Å²) in [5.41, 5.74) is -1.51. The van der Waals surface area contributed by atoms with Crippen LogP contribution in [0.3, 0.4) is 0 Å². The standard InChI is InChI=1S/C14H20FNO3/c1-9(2)8-16-14(3,13(17)18)12-10(15)6-5-7-11(12)19-4/h5-7,9,16H,8H2,1-4H3,(H,17,18). The number of carboxylic acids is 1. The summed E-state index contributed by atoms with van der Waals surface area (Å²) < 4.78 is 19.1. The average Bonchev–Trinajstić information content (AvgIpc) is 2.35. The lowest BCUT2D eigenvalue weighted by atomic mass is 9.90. The number of benzene rings is 1. The van der Waals surface area contributed by atoms with Crippen LogP contribution >= 0.6 is 0 Å². The van der Waals surface area contributed by atoms with Crippen molar-refractivity contribution in [2.45, 2.75) is 26.3 Å². The minimum Gasteiger partial charge on any atom is -0.496 e. The van der Waals surface area contributed by atoms with Crippen LogP contribution in [0.15, 0.2) is 18.2 Å². The molecule has 0 aliphatic carbocycles. The summed E-state index contributed by atoms with van der Waals surface area (Å²) in [6.45, 7) is 5.81. The number of methoxy groups -OCH3 is 1. The normalized spacial score (nSPS) is 14.2. The Morgan fingerprint density at radius 1 is 1.53 bits per heavy atom. The minimum atomic E-state index is -1.53. The lowest BCUT2D eigenvalue weighted by molar-refractivity contribution is -0.144. The average molecular weight is 269 g/mol. The zero-order valence-corrected chi connectivity index (χ0v) is 11.7. The third kappa shape index (κ3) is 3.23. The van der Waals surface area contributed by atoms with Gasteiger partial charge < -0.3 is 9.84 Å². The molecule has 1 atom stereocenters. The van der Waals surface area contributed by atoms with E-state index in [2.05, 4.69) is 5.32 Å². The quantitative estimate of drug-likeness (QED) is 0.832. The van der Waals surface area contributed by atoms with E-state index in [4.69, 9.17) is 4.74 Å². The highest BCUT2D eigenvalue weighted by molar-refractivity contribution is 5.81. The summed E-state index contributed by atoms with van der Waals surface area (Å²) in [5, 5.41) is 12.4. The molecule has 4 nitrogen and oxygen atoms in total. The lowest BCUT2D eigenvalue weighted by Crippen LogP contribution is -2.48. The van der Waals surface area contributed by atoms with Crippen LogP contribution in [0.4, 0.5) is 4.39 Å². The predicted molar refractivity (Wildman–Crippen MR) is 70.8 cm³/mol. The summed E-state index contributed by atoms with van der Waals surface area (Å²) >= 11 is 0. The highest BCUT2D eigenvalue weighted by Gasteiger charge is 2.39. The Kier molecular flexibility index (Phi) is 4.89. The molecule has 0 fully saturated rings. The van der Waals surface area contributed by atoms with E-state index >= 15 is 0 Å². The van der Waals surface area contributed by atoms with E-state index in [1.807, 2.05) is 13.8 Å². The van der Waals surface area contributed by atoms with E-state index in [0.717, 1.165) is 0 Å². The SMILES string of the molecule is COc1cccc(F)c1C(C)(NCC(C)C)C(=O)O. The van der Waals surface area contributed by atoms with E-state index in [9.17, 15) is 14.3 Å². The zero-order valence-electron chi connectivity index (χ0n) is 11.7. The van der Waals surface area contributed by atoms with E-state index in [1.54, 1.807) is 6.07 Å². The maximum Gasteiger partial charge on any atom is 0.328 e. The molecule has 19 heavy (non-hydrogen) atoms. The molecule has 0 aromatic heterocycles. The van der Waals surface area contributed by atoms with E-state index in [-0.39, 0.29) is 17.2 Å². The van der Waals surface area contributed by atoms with E-state index in [0.29, 0.717) is 6.54 Å². The lowest BCUT2D eigenvalue weighted by Gasteiger charge is -2.29. The maximum atomic E-state index is 14.0. The molecule has 0 aliphatic heterocycles. The number of halogens is 1. The van der Waals surface area contributed by atoms with Gasteiger partial charge in [-0.15, -0.1) is 0 Å². The Labute approximate surface area is 112 Å². The fourth-order valence-electron chi connectivity index (χ4n) is 1.84. The van der Waals surface area contributed by atoms with Crippen LogP contribution in [0.1, 0.15) is 26.3 Å². The molecular formula is C14H20FNO3. The van der Waals surface area contributed by atoms with Crippen LogP contribution in [0.25, 0.3) is 0 Å². The summed E-state index contributed by atoms with van der Waals surface area (Å²) in [6.07, 6.45) is 0. The molecule has 0 radical (unpaired) electrons. The van der Waals surface area contributed by atoms with Crippen LogP contribution in [0.2, 0.25) is 0 Å². The topological polar surface area (TPSA) is 58.6 Å². The molecule has 106 valence electrons. The van der Waals surface area contributed by atoms with Gasteiger partial charge in [0.1, 0.15) is 17.1 Å². The van der Waals surface area contributed by atoms with Gasteiger partial charge >= 0.3 is 5.97 Å². The number of hydrogen-bond acceptors (Lipinski definition) is 3. The monoisotopic (exact) mass is 269 g/mol. The van der Waals surface area contributed by atoms with Crippen molar-refractivity contribution in [3.63, 3.8) is 0 Å². The van der Waals surface area contributed by atoms with Crippen LogP contribution in [0.5, 0.6) is 5.75 Å². The largest absolute Gasteiger partial charge is 0.496 e. The number of hydrogen-bond donors (Lipinski definition) is 2. The van der Waals surface area contributed by atoms with E-state index in [1.165, 1.54) is 26.2 Å². The molecule has 0 amide bonds. The van der Waals surface area contributed by atoms with Crippen LogP contribution in [-0.4, -0.2) is 24.7 Å². The first-order valence-corrected chi connectivity index (χ1v) is 6.14. The van der Waals surface area contributed by atoms with Crippen molar-refractivity contribution < 1.29 is 19.0 Å². The Hall–Kier alpha value is -1.62. The molecule has 0 saturated heterocycles. The summed E-state index contributed by atoms with van der Waals surface area (Å²) in [4.78, 5) is 11.6. The van der Waals surface area contributed by atoms with Crippen molar-refractivity contribution in [2.75, 3.05) is 13.7 Å². The number of carboxylic acid groups (broad SMARTS) is 1. The predicted octanol–water partition coefficient (Wildman–Crippen LogP) is 2.38. The molecule has 0 heterocycles. The van der Waals surface area contributed by atoms with Gasteiger partial charge in [-0.2, -0.15) is 0 Å². The Morgan fingerprint density at radius 3 is 2.63 bits per heavy atom. The van der Waals surface area contributed by atoms with Crippen molar-refractivity contribution in [1.29, 1.82) is 0 Å². The van der Waals surface area contributed by atoms with Crippen molar-refractivity contribution >= 4 is 5.97 Å². The highest BCUT2D eigenvalue weighted by atomic mass is 19.1. The molecule has 0 spiro atoms. The maximum absolute atomic E-state index is 14.0. The fraction of sp³-hybridized carbons (Fsp3) is 0.500. The third-order valence-electron chi connectivity index (χ3n) is 2.99. The second kappa shape index (κ2) is 6.02. The zero-order chi connectivity index (χ0) is 14.6. The molecule has 0 aliphatic rings. The smallest absolute Gasteiger partial charge is 0.328 e. The molecule has 1 aromatic carbocycles. The van der Waals surface area contributed by atoms with Gasteiger partial charge in [-0.05, 0) is 31.5 Å². The highest BCUT2D eigenvalue weighted by Crippen LogP contribution is 2.32. The van der Waals surface area contributed by atoms with Crippen molar-refractivity contribution in [2.24, 2.45) is 5.92 Å². The molecule has 0 saturated carbocycles. The van der Waals surface area contributed by atoms with Gasteiger partial charge in [0.15, 0.2) is 0 Å². The minimum absolute atomic E-state index is 0.0191. The van der Waals surface area contributed by atoms with Gasteiger partial charge in [0.2, 0.25) is 0 Å². The molecule has 0 bridgehead atoms. The number of ether oxygens (including phenoxy) is 1. The van der Waals surface area contributed by atoms with Gasteiger partial charge in [-0.1, -0.05) is 19.9 Å². The first-order chi connectivity index (χ1) is 8.82. The third-order valence-corrected chi connectivity index (χ3v) is 2.99. The van der Waals surface area contributed by atoms with Crippen LogP contribution in [0, 0.1) is 11.7 Å². The molecule has 2 N–H and O–H groups in total. The summed E-state index contributed by atoms with van der Waals surface area (Å²) in [7, 11) is 1.39. The van der Waals surface area contributed by atoms with Gasteiger partial charge in [-0.3, -0.25) is 5.32 Å². The summed E-state index contributed by atoms with van der Waals surface area (Å²) in [5.74, 6) is -1.27. The number of nitrogens with one attached hydrogen (secondary N) is 1. The van der Waals surface area contributed by atoms with Gasteiger partial charge in [-0.25, -0.2) is 9.18 Å². The molecular weight excluding hydrogens is 249 g/mol. The number of carbonyl (C=O) groups is 1. The van der Waals surface area contributed by atoms with Crippen molar-refractivity contribution in [3.8, 4) is 5.75 Å². The molecule has 1 rings (SSSR count). The second-order valence-corrected chi connectivity index (χ2v) is 5.02. The second-order valence-electron chi connectivity index (χ2n) is 5.02. The first kappa shape index (κ1) is 15.4. The molecule has 1 unspecified atom stereocenters. The summed E-state index contributed by atoms with van der Waals surface area (Å²) in [6, 6.07) is 4.27. The Morgan fingerprint density at radius 2 is 2.16 bits per heavy atom. The molecule has 5 heteroatoms. The number of rotatable bonds is 6. The van der Waals surface area contributed by atoms with E-state index < -0.39 is 17.3 Å². The number of aliphatic carboxylic acids is 1. The van der Waals surface area contributed by atoms with Gasteiger partial charge in [0.25, 0.3) is 0 Å². The Balaban J connectivity index is 3.29. The first-order valence-electron chi connectivity index (χ1n) is 6.14. The van der Waals surface area contributed by atoms with Crippen molar-refractivity contribution in [1.82, 2.24) is 5.32 Å². The van der Waals surface area contributed by atoms with Crippen molar-refractivity contribution in [3.05, 3.63) is 29.6 Å². The van der Waals surface area contributed by atoms with Gasteiger partial charge in [0, 0.05) is 0 Å². The van der Waals surface area contributed by atoms with Gasteiger partial charge in [0.05, 0.1) is 12.7 Å². The van der Waals surface area contributed by atoms with Crippen LogP contribution in [-0.2, 0) is 10.3 Å².